The van der Waals surface area contributed by atoms with Crippen LogP contribution < -0.4 is 11.0 Å². The van der Waals surface area contributed by atoms with Crippen molar-refractivity contribution in [2.24, 2.45) is 16.8 Å². The molecule has 7 nitrogen and oxygen atoms in total. The number of aliphatic hydroxyl groups excluding tert-OH is 1. The van der Waals surface area contributed by atoms with E-state index in [1.807, 2.05) is 0 Å². The van der Waals surface area contributed by atoms with Gasteiger partial charge in [0.25, 0.3) is 11.2 Å². The number of nitrogens with zero attached hydrogens (tertiary/aromatic N) is 3. The van der Waals surface area contributed by atoms with E-state index in [0.29, 0.717) is 24.9 Å². The Labute approximate surface area is 175 Å². The van der Waals surface area contributed by atoms with E-state index in [-0.39, 0.29) is 28.9 Å². The summed E-state index contributed by atoms with van der Waals surface area (Å²) >= 11 is 0. The summed E-state index contributed by atoms with van der Waals surface area (Å²) in [6.07, 6.45) is -0.112. The Morgan fingerprint density at radius 2 is 1.97 bits per heavy atom. The van der Waals surface area contributed by atoms with Gasteiger partial charge in [0.15, 0.2) is 11.8 Å². The largest absolute Gasteiger partial charge is 0.416 e. The number of amidine groups is 1. The zero-order valence-corrected chi connectivity index (χ0v) is 16.2. The lowest BCUT2D eigenvalue weighted by Crippen LogP contribution is -2.33. The van der Waals surface area contributed by atoms with Gasteiger partial charge in [0.1, 0.15) is 0 Å². The summed E-state index contributed by atoms with van der Waals surface area (Å²) in [5.74, 6) is -0.317. The second-order valence-electron chi connectivity index (χ2n) is 7.57. The van der Waals surface area contributed by atoms with Gasteiger partial charge in [-0.25, -0.2) is 4.99 Å². The standard InChI is InChI=1S/C21H18F3N5O2/c22-21(23,24)14-2-4-15(5-3-14)27-19-18-17(7-8-26-20(18)31)29(28-19)11-12-1-6-16(30)9-13(12)10-25/h2-5,7-8,11-13,16,30H,1,6,9H2,(H-,26,27,28,31)/p+1. The van der Waals surface area contributed by atoms with E-state index in [9.17, 15) is 28.3 Å². The van der Waals surface area contributed by atoms with E-state index in [0.717, 1.165) is 12.1 Å². The number of fused-ring (bicyclic) bond motifs is 1. The predicted molar refractivity (Wildman–Crippen MR) is 106 cm³/mol. The number of rotatable bonds is 2. The molecule has 0 amide bonds. The summed E-state index contributed by atoms with van der Waals surface area (Å²) in [5.41, 5.74) is 2.85. The Morgan fingerprint density at radius 3 is 2.65 bits per heavy atom. The van der Waals surface area contributed by atoms with Crippen LogP contribution in [-0.4, -0.2) is 32.9 Å². The zero-order valence-electron chi connectivity index (χ0n) is 16.2. The molecule has 2 aliphatic rings. The van der Waals surface area contributed by atoms with Crippen molar-refractivity contribution in [2.45, 2.75) is 31.5 Å². The molecule has 1 fully saturated rings. The summed E-state index contributed by atoms with van der Waals surface area (Å²) in [5, 5.41) is 19.3. The molecule has 1 saturated carbocycles. The number of aliphatic hydroxyl groups is 1. The van der Waals surface area contributed by atoms with E-state index in [4.69, 9.17) is 0 Å². The van der Waals surface area contributed by atoms with Gasteiger partial charge >= 0.3 is 6.18 Å². The Kier molecular flexibility index (Phi) is 5.37. The molecule has 2 heterocycles. The number of hydrazone groups is 1. The predicted octanol–water partition coefficient (Wildman–Crippen LogP) is 3.01. The first-order valence-corrected chi connectivity index (χ1v) is 9.73. The van der Waals surface area contributed by atoms with Gasteiger partial charge in [-0.15, -0.1) is 5.43 Å². The van der Waals surface area contributed by atoms with Gasteiger partial charge in [-0.1, -0.05) is 4.68 Å². The first kappa shape index (κ1) is 20.8. The number of hydrogen-bond acceptors (Lipinski definition) is 4. The van der Waals surface area contributed by atoms with Gasteiger partial charge in [0.05, 0.1) is 35.3 Å². The summed E-state index contributed by atoms with van der Waals surface area (Å²) in [6.45, 7) is 0. The third-order valence-corrected chi connectivity index (χ3v) is 5.48. The van der Waals surface area contributed by atoms with Gasteiger partial charge < -0.3 is 10.1 Å². The van der Waals surface area contributed by atoms with Crippen LogP contribution in [0.4, 0.5) is 24.5 Å². The van der Waals surface area contributed by atoms with Crippen molar-refractivity contribution in [3.63, 3.8) is 0 Å². The molecule has 0 radical (unpaired) electrons. The average molecular weight is 430 g/mol. The van der Waals surface area contributed by atoms with Crippen molar-refractivity contribution in [3.05, 3.63) is 58.0 Å². The lowest BCUT2D eigenvalue weighted by Gasteiger charge is -2.25. The molecule has 4 rings (SSSR count). The topological polar surface area (TPSA) is 104 Å². The molecule has 3 N–H and O–H groups in total. The quantitative estimate of drug-likeness (QED) is 0.637. The number of nitrogens with one attached hydrogen (secondary N) is 2. The van der Waals surface area contributed by atoms with E-state index in [2.05, 4.69) is 21.5 Å². The molecule has 3 unspecified atom stereocenters. The first-order chi connectivity index (χ1) is 14.8. The van der Waals surface area contributed by atoms with Crippen LogP contribution >= 0.6 is 0 Å². The number of benzene rings is 1. The number of halogens is 3. The van der Waals surface area contributed by atoms with Crippen molar-refractivity contribution >= 4 is 23.4 Å². The molecule has 10 heteroatoms. The van der Waals surface area contributed by atoms with Gasteiger partial charge in [0.2, 0.25) is 5.84 Å². The van der Waals surface area contributed by atoms with Crippen LogP contribution in [0.3, 0.4) is 0 Å². The Hall–Kier alpha value is -3.45. The molecule has 31 heavy (non-hydrogen) atoms. The summed E-state index contributed by atoms with van der Waals surface area (Å²) in [6, 6.07) is 8.22. The van der Waals surface area contributed by atoms with Crippen molar-refractivity contribution < 1.29 is 23.0 Å². The molecule has 3 atom stereocenters. The highest BCUT2D eigenvalue weighted by Crippen LogP contribution is 2.32. The van der Waals surface area contributed by atoms with Gasteiger partial charge in [0, 0.05) is 12.3 Å². The third kappa shape index (κ3) is 4.22. The maximum absolute atomic E-state index is 12.8. The molecule has 1 aromatic heterocycles. The number of hydrogen-bond donors (Lipinski definition) is 3. The van der Waals surface area contributed by atoms with Crippen LogP contribution in [0, 0.1) is 23.2 Å². The lowest BCUT2D eigenvalue weighted by molar-refractivity contribution is -0.478. The minimum atomic E-state index is -4.45. The second-order valence-corrected chi connectivity index (χ2v) is 7.57. The van der Waals surface area contributed by atoms with Gasteiger partial charge in [-0.2, -0.15) is 18.4 Å². The fourth-order valence-electron chi connectivity index (χ4n) is 3.87. The number of aromatic amines is 1. The van der Waals surface area contributed by atoms with Crippen LogP contribution in [0.2, 0.25) is 0 Å². The van der Waals surface area contributed by atoms with Crippen LogP contribution in [0.25, 0.3) is 0 Å². The fourth-order valence-corrected chi connectivity index (χ4v) is 3.87. The highest BCUT2D eigenvalue weighted by Gasteiger charge is 2.37. The van der Waals surface area contributed by atoms with Crippen LogP contribution in [-0.2, 0) is 6.18 Å². The molecular formula is C21H19F3N5O2+. The molecule has 1 aromatic carbocycles. The van der Waals surface area contributed by atoms with E-state index < -0.39 is 23.4 Å². The van der Waals surface area contributed by atoms with Gasteiger partial charge in [-0.05, 0) is 43.5 Å². The number of nitriles is 1. The molecule has 0 saturated heterocycles. The van der Waals surface area contributed by atoms with E-state index >= 15 is 0 Å². The molecule has 0 bridgehead atoms. The van der Waals surface area contributed by atoms with Crippen molar-refractivity contribution in [3.8, 4) is 6.07 Å². The number of pyridine rings is 1. The smallest absolute Gasteiger partial charge is 0.393 e. The normalized spacial score (nSPS) is 25.8. The molecular weight excluding hydrogens is 411 g/mol. The molecule has 1 aliphatic heterocycles. The van der Waals surface area contributed by atoms with Crippen LogP contribution in [0.1, 0.15) is 30.4 Å². The molecule has 160 valence electrons. The van der Waals surface area contributed by atoms with Crippen molar-refractivity contribution in [1.82, 2.24) is 10.4 Å². The number of aliphatic imine (C=N–C) groups is 1. The summed E-state index contributed by atoms with van der Waals surface area (Å²) < 4.78 is 40.0. The van der Waals surface area contributed by atoms with Crippen LogP contribution in [0.15, 0.2) is 46.3 Å². The van der Waals surface area contributed by atoms with Crippen LogP contribution in [0.5, 0.6) is 0 Å². The summed E-state index contributed by atoms with van der Waals surface area (Å²) in [4.78, 5) is 19.4. The Balaban J connectivity index is 1.70. The number of hydrazine groups is 1. The van der Waals surface area contributed by atoms with E-state index in [1.54, 1.807) is 17.0 Å². The molecule has 0 spiro atoms. The maximum atomic E-state index is 12.8. The fraction of sp³-hybridized carbons (Fsp3) is 0.333. The first-order valence-electron chi connectivity index (χ1n) is 9.73. The minimum absolute atomic E-state index is 0.140. The average Bonchev–Trinajstić information content (AvgIpc) is 3.07. The Bertz CT molecular complexity index is 1150. The number of aromatic nitrogens is 1. The number of alkyl halides is 3. The molecule has 2 aromatic rings. The Morgan fingerprint density at radius 1 is 1.23 bits per heavy atom. The third-order valence-electron chi connectivity index (χ3n) is 5.48. The lowest BCUT2D eigenvalue weighted by atomic mass is 9.79. The van der Waals surface area contributed by atoms with E-state index in [1.165, 1.54) is 18.3 Å². The second kappa shape index (κ2) is 8.00. The molecule has 1 aliphatic carbocycles. The maximum Gasteiger partial charge on any atom is 0.416 e. The van der Waals surface area contributed by atoms with Crippen molar-refractivity contribution in [1.29, 1.82) is 5.26 Å². The SMILES string of the molecule is N#CC1CC(O)CCC1C=[N+]1NC(=Nc2ccc(C(F)(F)F)cc2)c2c1cc[nH]c2=O. The number of H-pyrrole nitrogens is 1. The minimum Gasteiger partial charge on any atom is -0.393 e. The highest BCUT2D eigenvalue weighted by molar-refractivity contribution is 6.04. The van der Waals surface area contributed by atoms with Crippen molar-refractivity contribution in [2.75, 3.05) is 0 Å². The van der Waals surface area contributed by atoms with Gasteiger partial charge in [-0.3, -0.25) is 4.79 Å². The zero-order chi connectivity index (χ0) is 22.2. The monoisotopic (exact) mass is 430 g/mol. The summed E-state index contributed by atoms with van der Waals surface area (Å²) in [7, 11) is 0. The highest BCUT2D eigenvalue weighted by atomic mass is 19.4.